The Kier molecular flexibility index (Phi) is 11.1. The lowest BCUT2D eigenvalue weighted by molar-refractivity contribution is -0.211. The zero-order valence-electron chi connectivity index (χ0n) is 33.8. The molecule has 4 fully saturated rings. The van der Waals surface area contributed by atoms with E-state index in [0.717, 1.165) is 41.3 Å². The Morgan fingerprint density at radius 3 is 2.45 bits per heavy atom. The number of aryl methyl sites for hydroxylation is 1. The number of fused-ring (bicyclic) bond motifs is 6. The van der Waals surface area contributed by atoms with Gasteiger partial charge in [-0.1, -0.05) is 62.9 Å². The van der Waals surface area contributed by atoms with E-state index in [4.69, 9.17) is 4.74 Å². The predicted octanol–water partition coefficient (Wildman–Crippen LogP) is 7.90. The van der Waals surface area contributed by atoms with Gasteiger partial charge in [-0.15, -0.1) is 0 Å². The largest absolute Gasteiger partial charge is 0.481 e. The van der Waals surface area contributed by atoms with Gasteiger partial charge < -0.3 is 30.5 Å². The fourth-order valence-corrected chi connectivity index (χ4v) is 11.9. The number of carbonyl (C=O) groups is 2. The monoisotopic (exact) mass is 764 g/mol. The maximum Gasteiger partial charge on any atom is 0.342 e. The van der Waals surface area contributed by atoms with E-state index in [-0.39, 0.29) is 58.9 Å². The van der Waals surface area contributed by atoms with Crippen LogP contribution in [0.25, 0.3) is 10.9 Å². The van der Waals surface area contributed by atoms with Gasteiger partial charge in [0.1, 0.15) is 11.2 Å². The number of hydrogen-bond donors (Lipinski definition) is 5. The molecule has 0 amide bonds. The molecule has 300 valence electrons. The van der Waals surface area contributed by atoms with Gasteiger partial charge in [0.15, 0.2) is 0 Å². The average molecular weight is 765 g/mol. The highest BCUT2D eigenvalue weighted by molar-refractivity contribution is 6.06. The molecule has 0 radical (unpaired) electrons. The molecule has 1 heterocycles. The van der Waals surface area contributed by atoms with Crippen molar-refractivity contribution in [1.82, 2.24) is 4.98 Å². The number of pyridine rings is 1. The van der Waals surface area contributed by atoms with Gasteiger partial charge >= 0.3 is 11.9 Å². The number of aromatic nitrogens is 1. The number of para-hydroxylation sites is 1. The first-order valence-electron chi connectivity index (χ1n) is 20.8. The summed E-state index contributed by atoms with van der Waals surface area (Å²) in [6, 6.07) is 15.7. The van der Waals surface area contributed by atoms with Gasteiger partial charge in [0, 0.05) is 23.9 Å². The smallest absolute Gasteiger partial charge is 0.342 e. The summed E-state index contributed by atoms with van der Waals surface area (Å²) in [4.78, 5) is 29.2. The number of nitrogens with one attached hydrogen (secondary N) is 1. The lowest BCUT2D eigenvalue weighted by Gasteiger charge is -2.64. The van der Waals surface area contributed by atoms with E-state index in [1.165, 1.54) is 0 Å². The Morgan fingerprint density at radius 1 is 1.00 bits per heavy atom. The number of carboxylic acids is 1. The lowest BCUT2D eigenvalue weighted by Crippen LogP contribution is -2.63. The molecule has 3 aromatic rings. The van der Waals surface area contributed by atoms with Crippen LogP contribution in [0.4, 0.5) is 5.69 Å². The third kappa shape index (κ3) is 7.34. The maximum atomic E-state index is 13.2. The summed E-state index contributed by atoms with van der Waals surface area (Å²) >= 11 is 0. The molecule has 0 saturated heterocycles. The number of anilines is 1. The molecule has 2 aromatic carbocycles. The van der Waals surface area contributed by atoms with Gasteiger partial charge in [-0.25, -0.2) is 4.79 Å². The van der Waals surface area contributed by atoms with Crippen LogP contribution in [0.3, 0.4) is 0 Å². The van der Waals surface area contributed by atoms with Crippen LogP contribution in [0, 0.1) is 65.1 Å². The van der Waals surface area contributed by atoms with E-state index in [0.29, 0.717) is 55.6 Å². The number of rotatable bonds is 9. The highest BCUT2D eigenvalue weighted by Gasteiger charge is 2.66. The Bertz CT molecular complexity index is 2020. The minimum atomic E-state index is -1.17. The van der Waals surface area contributed by atoms with Gasteiger partial charge in [0.25, 0.3) is 0 Å². The standard InChI is InChI=1S/C47H60N2O7/c1-27(2)56-44(54)41-29(4)49-37-10-8-7-9-33(37)43(41)48-26-31-14-12-30(13-15-31)19-20-47(55)22-21-45(5)32(25-47)23-38(50)42-35-17-16-34(28(3)11-18-40(52)53)46(35,6)39(51)24-36(42)45/h7-10,12-15,27-28,32,34-36,38-39,42,50-51,55H,11,16-18,21-26H2,1-6H3,(H,48,49)(H,52,53)/t28?,32?,34-,35?,36?,38-,39+,42?,45+,46-,47-/m1/s1. The zero-order chi connectivity index (χ0) is 40.2. The minimum absolute atomic E-state index is 0.0825. The summed E-state index contributed by atoms with van der Waals surface area (Å²) in [6.45, 7) is 12.6. The van der Waals surface area contributed by atoms with Crippen molar-refractivity contribution >= 4 is 28.5 Å². The molecule has 56 heavy (non-hydrogen) atoms. The summed E-state index contributed by atoms with van der Waals surface area (Å²) in [6.07, 6.45) is 4.45. The number of benzene rings is 2. The number of ether oxygens (including phenoxy) is 1. The number of nitrogens with zero attached hydrogens (tertiary/aromatic N) is 1. The van der Waals surface area contributed by atoms with Crippen LogP contribution in [0.1, 0.15) is 120 Å². The van der Waals surface area contributed by atoms with Crippen LogP contribution in [-0.2, 0) is 16.1 Å². The van der Waals surface area contributed by atoms with Crippen LogP contribution in [0.5, 0.6) is 0 Å². The zero-order valence-corrected chi connectivity index (χ0v) is 33.8. The molecule has 9 heteroatoms. The van der Waals surface area contributed by atoms with Gasteiger partial charge in [0.05, 0.1) is 35.2 Å². The molecule has 0 aliphatic heterocycles. The van der Waals surface area contributed by atoms with E-state index >= 15 is 0 Å². The van der Waals surface area contributed by atoms with Crippen molar-refractivity contribution in [1.29, 1.82) is 0 Å². The van der Waals surface area contributed by atoms with Crippen LogP contribution in [0.2, 0.25) is 0 Å². The highest BCUT2D eigenvalue weighted by atomic mass is 16.5. The number of carbonyl (C=O) groups excluding carboxylic acids is 1. The van der Waals surface area contributed by atoms with Crippen molar-refractivity contribution in [2.45, 2.75) is 130 Å². The second kappa shape index (κ2) is 15.4. The second-order valence-electron chi connectivity index (χ2n) is 18.5. The number of aliphatic carboxylic acids is 1. The topological polar surface area (TPSA) is 149 Å². The molecule has 7 rings (SSSR count). The fourth-order valence-electron chi connectivity index (χ4n) is 11.9. The molecule has 1 aromatic heterocycles. The van der Waals surface area contributed by atoms with E-state index in [2.05, 4.69) is 42.9 Å². The molecule has 0 bridgehead atoms. The van der Waals surface area contributed by atoms with Crippen LogP contribution < -0.4 is 5.32 Å². The number of esters is 1. The van der Waals surface area contributed by atoms with E-state index in [9.17, 15) is 30.0 Å². The number of aliphatic hydroxyl groups is 3. The third-order valence-corrected chi connectivity index (χ3v) is 14.9. The quantitative estimate of drug-likeness (QED) is 0.108. The van der Waals surface area contributed by atoms with Gasteiger partial charge in [-0.3, -0.25) is 9.78 Å². The van der Waals surface area contributed by atoms with Gasteiger partial charge in [-0.2, -0.15) is 0 Å². The predicted molar refractivity (Wildman–Crippen MR) is 217 cm³/mol. The maximum absolute atomic E-state index is 13.2. The van der Waals surface area contributed by atoms with E-state index in [1.807, 2.05) is 69.3 Å². The molecular formula is C47H60N2O7. The summed E-state index contributed by atoms with van der Waals surface area (Å²) < 4.78 is 5.58. The molecular weight excluding hydrogens is 705 g/mol. The average Bonchev–Trinajstić information content (AvgIpc) is 3.51. The first kappa shape index (κ1) is 40.2. The highest BCUT2D eigenvalue weighted by Crippen LogP contribution is 2.69. The molecule has 4 aliphatic carbocycles. The first-order chi connectivity index (χ1) is 26.5. The number of aliphatic hydroxyl groups excluding tert-OH is 2. The van der Waals surface area contributed by atoms with Crippen molar-refractivity contribution in [2.24, 2.45) is 46.3 Å². The molecule has 5 N–H and O–H groups in total. The molecule has 11 atom stereocenters. The lowest BCUT2D eigenvalue weighted by atomic mass is 9.42. The molecule has 0 spiro atoms. The summed E-state index contributed by atoms with van der Waals surface area (Å²) in [5.41, 5.74) is 2.70. The molecule has 9 nitrogen and oxygen atoms in total. The van der Waals surface area contributed by atoms with Crippen LogP contribution >= 0.6 is 0 Å². The second-order valence-corrected chi connectivity index (χ2v) is 18.5. The molecule has 5 unspecified atom stereocenters. The summed E-state index contributed by atoms with van der Waals surface area (Å²) in [7, 11) is 0. The molecule has 4 saturated carbocycles. The minimum Gasteiger partial charge on any atom is -0.481 e. The Balaban J connectivity index is 1.03. The van der Waals surface area contributed by atoms with Crippen molar-refractivity contribution in [3.05, 3.63) is 70.9 Å². The van der Waals surface area contributed by atoms with Gasteiger partial charge in [0.2, 0.25) is 0 Å². The van der Waals surface area contributed by atoms with Crippen LogP contribution in [0.15, 0.2) is 48.5 Å². The number of hydrogen-bond acceptors (Lipinski definition) is 8. The van der Waals surface area contributed by atoms with Crippen molar-refractivity contribution in [3.63, 3.8) is 0 Å². The third-order valence-electron chi connectivity index (χ3n) is 14.9. The summed E-state index contributed by atoms with van der Waals surface area (Å²) in [5.74, 6) is 6.25. The Labute approximate surface area is 331 Å². The normalized spacial score (nSPS) is 34.1. The van der Waals surface area contributed by atoms with Crippen molar-refractivity contribution < 1.29 is 34.8 Å². The van der Waals surface area contributed by atoms with E-state index in [1.54, 1.807) is 0 Å². The van der Waals surface area contributed by atoms with E-state index < -0.39 is 29.7 Å². The number of carboxylic acid groups (broad SMARTS) is 1. The summed E-state index contributed by atoms with van der Waals surface area (Å²) in [5, 5.41) is 49.3. The first-order valence-corrected chi connectivity index (χ1v) is 20.8. The van der Waals surface area contributed by atoms with Crippen molar-refractivity contribution in [2.75, 3.05) is 5.32 Å². The Hall–Kier alpha value is -3.97. The molecule has 4 aliphatic rings. The SMILES string of the molecule is Cc1nc2ccccc2c(NCc2ccc(C#C[C@@]3(O)CC[C@@]4(C)C(C[C@@H](O)C5C4C[C@H](O)[C@@]4(C)C5CC[C@@H]4C(C)CCC(=O)O)C3)cc2)c1C(=O)OC(C)C. The van der Waals surface area contributed by atoms with Gasteiger partial charge in [-0.05, 0) is 142 Å². The Morgan fingerprint density at radius 2 is 1.73 bits per heavy atom. The van der Waals surface area contributed by atoms with Crippen molar-refractivity contribution in [3.8, 4) is 11.8 Å². The fraction of sp³-hybridized carbons (Fsp3) is 0.596. The van der Waals surface area contributed by atoms with Crippen LogP contribution in [-0.4, -0.2) is 61.3 Å².